The third-order valence-electron chi connectivity index (χ3n) is 7.74. The molecule has 2 fully saturated rings. The van der Waals surface area contributed by atoms with Gasteiger partial charge in [-0.2, -0.15) is 0 Å². The lowest BCUT2D eigenvalue weighted by Gasteiger charge is -2.37. The van der Waals surface area contributed by atoms with Crippen molar-refractivity contribution in [3.05, 3.63) is 84.1 Å². The quantitative estimate of drug-likeness (QED) is 0.358. The summed E-state index contributed by atoms with van der Waals surface area (Å²) in [6.07, 6.45) is 6.54. The van der Waals surface area contributed by atoms with Crippen LogP contribution in [0.2, 0.25) is 0 Å². The fraction of sp³-hybridized carbons (Fsp3) is 0.419. The van der Waals surface area contributed by atoms with Crippen LogP contribution in [-0.2, 0) is 26.1 Å². The summed E-state index contributed by atoms with van der Waals surface area (Å²) in [6.45, 7) is 4.02. The standard InChI is InChI=1S/C31H38N4O5S/c1-41(37,38)34-27-8-10-28(11-9-27)40-29-12-7-23(21-32-29)22-35-17-13-25(14-18-35)30(24-5-3-2-4-6-24)33-31(36)26-15-19-39-20-16-26/h2-12,21,25-26,30,34H,13-20,22H2,1H3,(H,33,36). The topological polar surface area (TPSA) is 110 Å². The van der Waals surface area contributed by atoms with E-state index in [1.165, 1.54) is 5.56 Å². The van der Waals surface area contributed by atoms with Gasteiger partial charge in [0.05, 0.1) is 12.3 Å². The lowest BCUT2D eigenvalue weighted by Crippen LogP contribution is -2.43. The number of sulfonamides is 1. The summed E-state index contributed by atoms with van der Waals surface area (Å²) in [7, 11) is -3.32. The molecule has 3 heterocycles. The molecule has 10 heteroatoms. The highest BCUT2D eigenvalue weighted by Crippen LogP contribution is 2.32. The lowest BCUT2D eigenvalue weighted by molar-refractivity contribution is -0.129. The molecule has 1 aromatic heterocycles. The van der Waals surface area contributed by atoms with Gasteiger partial charge < -0.3 is 14.8 Å². The molecule has 1 amide bonds. The molecule has 0 saturated carbocycles. The number of piperidine rings is 1. The lowest BCUT2D eigenvalue weighted by atomic mass is 9.84. The molecule has 2 aromatic carbocycles. The normalized spacial score (nSPS) is 18.0. The van der Waals surface area contributed by atoms with Crippen LogP contribution in [0, 0.1) is 11.8 Å². The Kier molecular flexibility index (Phi) is 9.53. The third-order valence-corrected chi connectivity index (χ3v) is 8.34. The number of carbonyl (C=O) groups is 1. The van der Waals surface area contributed by atoms with Crippen LogP contribution in [0.3, 0.4) is 0 Å². The van der Waals surface area contributed by atoms with Gasteiger partial charge in [0.15, 0.2) is 0 Å². The first-order chi connectivity index (χ1) is 19.8. The van der Waals surface area contributed by atoms with Crippen molar-refractivity contribution >= 4 is 21.6 Å². The van der Waals surface area contributed by atoms with E-state index in [-0.39, 0.29) is 17.9 Å². The Bertz CT molecular complexity index is 1370. The number of carbonyl (C=O) groups excluding carboxylic acids is 1. The maximum Gasteiger partial charge on any atom is 0.229 e. The number of nitrogens with one attached hydrogen (secondary N) is 2. The molecular formula is C31H38N4O5S. The Hall–Kier alpha value is -3.47. The van der Waals surface area contributed by atoms with Crippen molar-refractivity contribution in [2.24, 2.45) is 11.8 Å². The number of nitrogens with zero attached hydrogens (tertiary/aromatic N) is 2. The molecule has 3 aromatic rings. The van der Waals surface area contributed by atoms with Crippen LogP contribution < -0.4 is 14.8 Å². The number of likely N-dealkylation sites (tertiary alicyclic amines) is 1. The van der Waals surface area contributed by atoms with Crippen molar-refractivity contribution in [1.82, 2.24) is 15.2 Å². The second-order valence-corrected chi connectivity index (χ2v) is 12.7. The molecule has 0 bridgehead atoms. The number of anilines is 1. The van der Waals surface area contributed by atoms with Crippen molar-refractivity contribution < 1.29 is 22.7 Å². The van der Waals surface area contributed by atoms with Crippen LogP contribution in [-0.4, -0.2) is 56.8 Å². The Labute approximate surface area is 242 Å². The van der Waals surface area contributed by atoms with Crippen LogP contribution in [0.4, 0.5) is 5.69 Å². The number of hydrogen-bond donors (Lipinski definition) is 2. The SMILES string of the molecule is CS(=O)(=O)Nc1ccc(Oc2ccc(CN3CCC(C(NC(=O)C4CCOCC4)c4ccccc4)CC3)cn2)cc1. The van der Waals surface area contributed by atoms with Gasteiger partial charge in [0, 0.05) is 43.6 Å². The Balaban J connectivity index is 1.14. The van der Waals surface area contributed by atoms with Crippen molar-refractivity contribution in [3.8, 4) is 11.6 Å². The number of rotatable bonds is 10. The molecule has 5 rings (SSSR count). The highest BCUT2D eigenvalue weighted by Gasteiger charge is 2.31. The number of benzene rings is 2. The number of ether oxygens (including phenoxy) is 2. The molecule has 1 unspecified atom stereocenters. The molecule has 0 aliphatic carbocycles. The van der Waals surface area contributed by atoms with E-state index in [0.717, 1.165) is 57.1 Å². The Morgan fingerprint density at radius 1 is 1.00 bits per heavy atom. The minimum Gasteiger partial charge on any atom is -0.439 e. The summed E-state index contributed by atoms with van der Waals surface area (Å²) in [4.78, 5) is 20.0. The average molecular weight is 579 g/mol. The second kappa shape index (κ2) is 13.5. The number of hydrogen-bond acceptors (Lipinski definition) is 7. The maximum absolute atomic E-state index is 13.1. The van der Waals surface area contributed by atoms with E-state index in [1.807, 2.05) is 36.5 Å². The molecule has 218 valence electrons. The largest absolute Gasteiger partial charge is 0.439 e. The predicted molar refractivity (Wildman–Crippen MR) is 158 cm³/mol. The highest BCUT2D eigenvalue weighted by molar-refractivity contribution is 7.92. The molecule has 0 spiro atoms. The predicted octanol–water partition coefficient (Wildman–Crippen LogP) is 4.74. The van der Waals surface area contributed by atoms with Crippen LogP contribution >= 0.6 is 0 Å². The van der Waals surface area contributed by atoms with Crippen LogP contribution in [0.5, 0.6) is 11.6 Å². The summed E-state index contributed by atoms with van der Waals surface area (Å²) in [5, 5.41) is 3.41. The zero-order chi connectivity index (χ0) is 28.7. The molecule has 2 aliphatic rings. The summed E-state index contributed by atoms with van der Waals surface area (Å²) in [5.41, 5.74) is 2.76. The molecule has 2 aliphatic heterocycles. The van der Waals surface area contributed by atoms with Gasteiger partial charge in [-0.25, -0.2) is 13.4 Å². The molecule has 41 heavy (non-hydrogen) atoms. The minimum atomic E-state index is -3.32. The van der Waals surface area contributed by atoms with Crippen molar-refractivity contribution in [2.45, 2.75) is 38.3 Å². The van der Waals surface area contributed by atoms with E-state index in [0.29, 0.717) is 36.4 Å². The van der Waals surface area contributed by atoms with Gasteiger partial charge in [-0.15, -0.1) is 0 Å². The second-order valence-electron chi connectivity index (χ2n) is 10.9. The Morgan fingerprint density at radius 2 is 1.71 bits per heavy atom. The summed E-state index contributed by atoms with van der Waals surface area (Å²) < 4.78 is 36.5. The maximum atomic E-state index is 13.1. The van der Waals surface area contributed by atoms with Gasteiger partial charge in [0.25, 0.3) is 0 Å². The average Bonchev–Trinajstić information content (AvgIpc) is 2.98. The summed E-state index contributed by atoms with van der Waals surface area (Å²) in [6, 6.07) is 20.9. The zero-order valence-electron chi connectivity index (χ0n) is 23.4. The van der Waals surface area contributed by atoms with Crippen molar-refractivity contribution in [2.75, 3.05) is 37.3 Å². The van der Waals surface area contributed by atoms with Gasteiger partial charge >= 0.3 is 0 Å². The van der Waals surface area contributed by atoms with Crippen LogP contribution in [0.15, 0.2) is 72.9 Å². The van der Waals surface area contributed by atoms with Crippen molar-refractivity contribution in [3.63, 3.8) is 0 Å². The minimum absolute atomic E-state index is 0.0167. The fourth-order valence-electron chi connectivity index (χ4n) is 5.56. The summed E-state index contributed by atoms with van der Waals surface area (Å²) >= 11 is 0. The van der Waals surface area contributed by atoms with E-state index < -0.39 is 10.0 Å². The van der Waals surface area contributed by atoms with E-state index in [1.54, 1.807) is 24.3 Å². The Morgan fingerprint density at radius 3 is 2.34 bits per heavy atom. The summed E-state index contributed by atoms with van der Waals surface area (Å²) in [5.74, 6) is 1.61. The first-order valence-electron chi connectivity index (χ1n) is 14.2. The van der Waals surface area contributed by atoms with E-state index in [9.17, 15) is 13.2 Å². The molecule has 2 saturated heterocycles. The molecule has 9 nitrogen and oxygen atoms in total. The van der Waals surface area contributed by atoms with Gasteiger partial charge in [0.1, 0.15) is 5.75 Å². The first-order valence-corrected chi connectivity index (χ1v) is 16.1. The third kappa shape index (κ3) is 8.51. The molecule has 1 atom stereocenters. The highest BCUT2D eigenvalue weighted by atomic mass is 32.2. The number of amides is 1. The smallest absolute Gasteiger partial charge is 0.229 e. The zero-order valence-corrected chi connectivity index (χ0v) is 24.2. The van der Waals surface area contributed by atoms with Crippen LogP contribution in [0.25, 0.3) is 0 Å². The first kappa shape index (κ1) is 29.0. The van der Waals surface area contributed by atoms with E-state index in [4.69, 9.17) is 9.47 Å². The molecule has 0 radical (unpaired) electrons. The molecular weight excluding hydrogens is 540 g/mol. The molecule has 2 N–H and O–H groups in total. The van der Waals surface area contributed by atoms with Gasteiger partial charge in [0.2, 0.25) is 21.8 Å². The van der Waals surface area contributed by atoms with Gasteiger partial charge in [-0.1, -0.05) is 36.4 Å². The van der Waals surface area contributed by atoms with E-state index >= 15 is 0 Å². The van der Waals surface area contributed by atoms with Crippen LogP contribution in [0.1, 0.15) is 42.9 Å². The van der Waals surface area contributed by atoms with Gasteiger partial charge in [-0.05, 0) is 80.1 Å². The van der Waals surface area contributed by atoms with Gasteiger partial charge in [-0.3, -0.25) is 14.4 Å². The van der Waals surface area contributed by atoms with E-state index in [2.05, 4.69) is 32.1 Å². The van der Waals surface area contributed by atoms with Crippen molar-refractivity contribution in [1.29, 1.82) is 0 Å². The number of pyridine rings is 1. The fourth-order valence-corrected chi connectivity index (χ4v) is 6.12. The monoisotopic (exact) mass is 578 g/mol. The number of aromatic nitrogens is 1.